The Kier molecular flexibility index (Phi) is 4.13. The Morgan fingerprint density at radius 1 is 1.53 bits per heavy atom. The normalized spacial score (nSPS) is 22.9. The van der Waals surface area contributed by atoms with Crippen LogP contribution in [0.3, 0.4) is 0 Å². The minimum absolute atomic E-state index is 0.147. The third kappa shape index (κ3) is 3.27. The minimum atomic E-state index is -0.170. The van der Waals surface area contributed by atoms with Gasteiger partial charge in [-0.3, -0.25) is 0 Å². The molecular formula is C14H21FN2. The van der Waals surface area contributed by atoms with Crippen molar-refractivity contribution in [3.63, 3.8) is 0 Å². The highest BCUT2D eigenvalue weighted by Gasteiger charge is 2.26. The van der Waals surface area contributed by atoms with Gasteiger partial charge in [0.15, 0.2) is 0 Å². The summed E-state index contributed by atoms with van der Waals surface area (Å²) in [6, 6.07) is 6.92. The van der Waals surface area contributed by atoms with Gasteiger partial charge in [0.1, 0.15) is 5.82 Å². The number of hydrogen-bond donors (Lipinski definition) is 1. The van der Waals surface area contributed by atoms with Crippen molar-refractivity contribution in [3.05, 3.63) is 35.6 Å². The number of halogens is 1. The molecule has 0 amide bonds. The summed E-state index contributed by atoms with van der Waals surface area (Å²) in [5.41, 5.74) is 7.24. The lowest BCUT2D eigenvalue weighted by atomic mass is 9.93. The van der Waals surface area contributed by atoms with Gasteiger partial charge in [0.2, 0.25) is 0 Å². The minimum Gasteiger partial charge on any atom is -0.327 e. The summed E-state index contributed by atoms with van der Waals surface area (Å²) in [4.78, 5) is 2.43. The summed E-state index contributed by atoms with van der Waals surface area (Å²) in [6.07, 6.45) is 1.95. The van der Waals surface area contributed by atoms with E-state index in [1.807, 2.05) is 6.07 Å². The van der Waals surface area contributed by atoms with Crippen LogP contribution >= 0.6 is 0 Å². The second-order valence-electron chi connectivity index (χ2n) is 4.94. The molecule has 3 heteroatoms. The van der Waals surface area contributed by atoms with Crippen molar-refractivity contribution in [3.8, 4) is 0 Å². The summed E-state index contributed by atoms with van der Waals surface area (Å²) >= 11 is 0. The highest BCUT2D eigenvalue weighted by molar-refractivity contribution is 5.17. The van der Waals surface area contributed by atoms with Crippen molar-refractivity contribution in [2.24, 2.45) is 11.7 Å². The molecule has 0 aliphatic carbocycles. The van der Waals surface area contributed by atoms with Gasteiger partial charge in [0.05, 0.1) is 0 Å². The van der Waals surface area contributed by atoms with Gasteiger partial charge in [-0.2, -0.15) is 0 Å². The van der Waals surface area contributed by atoms with E-state index >= 15 is 0 Å². The van der Waals surface area contributed by atoms with E-state index in [1.165, 1.54) is 12.5 Å². The molecule has 1 fully saturated rings. The summed E-state index contributed by atoms with van der Waals surface area (Å²) in [5, 5.41) is 0. The molecule has 1 aliphatic rings. The fourth-order valence-corrected chi connectivity index (χ4v) is 2.60. The Bertz CT molecular complexity index is 367. The molecule has 17 heavy (non-hydrogen) atoms. The van der Waals surface area contributed by atoms with Crippen molar-refractivity contribution >= 4 is 0 Å². The lowest BCUT2D eigenvalue weighted by Gasteiger charge is -2.20. The SMILES string of the molecule is CCN1CC[C@@H](C(N)Cc2cccc(F)c2)C1. The molecule has 94 valence electrons. The molecule has 1 aromatic rings. The molecule has 0 spiro atoms. The quantitative estimate of drug-likeness (QED) is 0.867. The number of benzene rings is 1. The molecule has 0 bridgehead atoms. The molecule has 0 aromatic heterocycles. The van der Waals surface area contributed by atoms with Crippen LogP contribution in [0.5, 0.6) is 0 Å². The Morgan fingerprint density at radius 3 is 3.00 bits per heavy atom. The second-order valence-corrected chi connectivity index (χ2v) is 4.94. The van der Waals surface area contributed by atoms with E-state index in [2.05, 4.69) is 11.8 Å². The van der Waals surface area contributed by atoms with Crippen LogP contribution in [0.15, 0.2) is 24.3 Å². The van der Waals surface area contributed by atoms with Gasteiger partial charge in [-0.05, 0) is 49.5 Å². The number of hydrogen-bond acceptors (Lipinski definition) is 2. The molecule has 2 atom stereocenters. The van der Waals surface area contributed by atoms with E-state index in [4.69, 9.17) is 5.73 Å². The van der Waals surface area contributed by atoms with Crippen LogP contribution in [0.1, 0.15) is 18.9 Å². The number of nitrogens with zero attached hydrogens (tertiary/aromatic N) is 1. The van der Waals surface area contributed by atoms with Gasteiger partial charge in [-0.25, -0.2) is 4.39 Å². The second kappa shape index (κ2) is 5.61. The summed E-state index contributed by atoms with van der Waals surface area (Å²) in [6.45, 7) is 5.52. The highest BCUT2D eigenvalue weighted by Crippen LogP contribution is 2.20. The van der Waals surface area contributed by atoms with E-state index in [9.17, 15) is 4.39 Å². The maximum atomic E-state index is 13.1. The lowest BCUT2D eigenvalue weighted by Crippen LogP contribution is -2.34. The van der Waals surface area contributed by atoms with Crippen LogP contribution in [0.2, 0.25) is 0 Å². The van der Waals surface area contributed by atoms with Gasteiger partial charge in [-0.15, -0.1) is 0 Å². The molecule has 1 aliphatic heterocycles. The van der Waals surface area contributed by atoms with Crippen molar-refractivity contribution < 1.29 is 4.39 Å². The molecule has 1 saturated heterocycles. The first-order chi connectivity index (χ1) is 8.19. The average Bonchev–Trinajstić information content (AvgIpc) is 2.77. The fraction of sp³-hybridized carbons (Fsp3) is 0.571. The van der Waals surface area contributed by atoms with Crippen molar-refractivity contribution in [1.29, 1.82) is 0 Å². The fourth-order valence-electron chi connectivity index (χ4n) is 2.60. The van der Waals surface area contributed by atoms with Crippen molar-refractivity contribution in [2.45, 2.75) is 25.8 Å². The van der Waals surface area contributed by atoms with Crippen LogP contribution in [0.25, 0.3) is 0 Å². The summed E-state index contributed by atoms with van der Waals surface area (Å²) in [7, 11) is 0. The topological polar surface area (TPSA) is 29.3 Å². The molecule has 1 heterocycles. The number of rotatable bonds is 4. The Hall–Kier alpha value is -0.930. The van der Waals surface area contributed by atoms with Crippen LogP contribution < -0.4 is 5.73 Å². The van der Waals surface area contributed by atoms with Crippen LogP contribution in [0, 0.1) is 11.7 Å². The van der Waals surface area contributed by atoms with Crippen LogP contribution in [0.4, 0.5) is 4.39 Å². The smallest absolute Gasteiger partial charge is 0.123 e. The first-order valence-electron chi connectivity index (χ1n) is 6.41. The maximum Gasteiger partial charge on any atom is 0.123 e. The Morgan fingerprint density at radius 2 is 2.35 bits per heavy atom. The predicted molar refractivity (Wildman–Crippen MR) is 68.3 cm³/mol. The van der Waals surface area contributed by atoms with E-state index in [1.54, 1.807) is 12.1 Å². The molecule has 2 N–H and O–H groups in total. The molecule has 1 unspecified atom stereocenters. The number of likely N-dealkylation sites (tertiary alicyclic amines) is 1. The van der Waals surface area contributed by atoms with Gasteiger partial charge in [0.25, 0.3) is 0 Å². The van der Waals surface area contributed by atoms with Crippen molar-refractivity contribution in [2.75, 3.05) is 19.6 Å². The van der Waals surface area contributed by atoms with Crippen LogP contribution in [-0.4, -0.2) is 30.6 Å². The van der Waals surface area contributed by atoms with Crippen molar-refractivity contribution in [1.82, 2.24) is 4.90 Å². The largest absolute Gasteiger partial charge is 0.327 e. The zero-order chi connectivity index (χ0) is 12.3. The summed E-state index contributed by atoms with van der Waals surface area (Å²) < 4.78 is 13.1. The molecule has 1 aromatic carbocycles. The van der Waals surface area contributed by atoms with Gasteiger partial charge >= 0.3 is 0 Å². The zero-order valence-electron chi connectivity index (χ0n) is 10.4. The average molecular weight is 236 g/mol. The first kappa shape index (κ1) is 12.5. The standard InChI is InChI=1S/C14H21FN2/c1-2-17-7-6-12(10-17)14(16)9-11-4-3-5-13(15)8-11/h3-5,8,12,14H,2,6-7,9-10,16H2,1H3/t12-,14?/m1/s1. The third-order valence-corrected chi connectivity index (χ3v) is 3.72. The lowest BCUT2D eigenvalue weighted by molar-refractivity contribution is 0.327. The monoisotopic (exact) mass is 236 g/mol. The predicted octanol–water partition coefficient (Wildman–Crippen LogP) is 2.04. The van der Waals surface area contributed by atoms with Crippen LogP contribution in [-0.2, 0) is 6.42 Å². The highest BCUT2D eigenvalue weighted by atomic mass is 19.1. The third-order valence-electron chi connectivity index (χ3n) is 3.72. The Balaban J connectivity index is 1.91. The van der Waals surface area contributed by atoms with Gasteiger partial charge in [-0.1, -0.05) is 19.1 Å². The van der Waals surface area contributed by atoms with Gasteiger partial charge in [0, 0.05) is 12.6 Å². The first-order valence-corrected chi connectivity index (χ1v) is 6.41. The molecule has 0 radical (unpaired) electrons. The number of nitrogens with two attached hydrogens (primary N) is 1. The molecular weight excluding hydrogens is 215 g/mol. The van der Waals surface area contributed by atoms with Gasteiger partial charge < -0.3 is 10.6 Å². The van der Waals surface area contributed by atoms with E-state index in [0.717, 1.165) is 31.6 Å². The van der Waals surface area contributed by atoms with E-state index in [-0.39, 0.29) is 11.9 Å². The maximum absolute atomic E-state index is 13.1. The molecule has 0 saturated carbocycles. The zero-order valence-corrected chi connectivity index (χ0v) is 10.4. The molecule has 2 rings (SSSR count). The Labute approximate surface area is 103 Å². The molecule has 2 nitrogen and oxygen atoms in total. The summed E-state index contributed by atoms with van der Waals surface area (Å²) in [5.74, 6) is 0.384. The van der Waals surface area contributed by atoms with E-state index < -0.39 is 0 Å². The van der Waals surface area contributed by atoms with E-state index in [0.29, 0.717) is 5.92 Å².